The average Bonchev–Trinajstić information content (AvgIpc) is 2.64. The molecule has 0 saturated carbocycles. The van der Waals surface area contributed by atoms with Gasteiger partial charge in [0.25, 0.3) is 5.91 Å². The van der Waals surface area contributed by atoms with E-state index >= 15 is 0 Å². The number of ether oxygens (including phenoxy) is 1. The van der Waals surface area contributed by atoms with E-state index < -0.39 is 6.04 Å². The standard InChI is InChI=1S/C22H34BrNO3/c1-4-5-6-7-8-9-10-11-15-27-22(26)20(17(2)3)24-21(25)18-13-12-14-19(23)16-18/h12-14,16-17,20H,4-11,15H2,1-3H3,(H,24,25). The van der Waals surface area contributed by atoms with E-state index in [-0.39, 0.29) is 17.8 Å². The first kappa shape index (κ1) is 23.7. The van der Waals surface area contributed by atoms with Crippen LogP contribution in [0.3, 0.4) is 0 Å². The lowest BCUT2D eigenvalue weighted by Gasteiger charge is -2.21. The van der Waals surface area contributed by atoms with Gasteiger partial charge in [-0.1, -0.05) is 87.7 Å². The van der Waals surface area contributed by atoms with Gasteiger partial charge in [-0.3, -0.25) is 4.79 Å². The molecule has 1 amide bonds. The maximum atomic E-state index is 12.4. The van der Waals surface area contributed by atoms with Crippen LogP contribution in [0.25, 0.3) is 0 Å². The van der Waals surface area contributed by atoms with Gasteiger partial charge in [-0.25, -0.2) is 4.79 Å². The number of rotatable bonds is 13. The zero-order chi connectivity index (χ0) is 20.1. The Morgan fingerprint density at radius 1 is 1.04 bits per heavy atom. The van der Waals surface area contributed by atoms with E-state index in [0.29, 0.717) is 12.2 Å². The van der Waals surface area contributed by atoms with Crippen molar-refractivity contribution in [2.45, 2.75) is 78.2 Å². The quantitative estimate of drug-likeness (QED) is 0.308. The van der Waals surface area contributed by atoms with E-state index in [2.05, 4.69) is 28.2 Å². The Labute approximate surface area is 172 Å². The van der Waals surface area contributed by atoms with Gasteiger partial charge in [0.05, 0.1) is 6.61 Å². The highest BCUT2D eigenvalue weighted by molar-refractivity contribution is 9.10. The van der Waals surface area contributed by atoms with Gasteiger partial charge in [0, 0.05) is 10.0 Å². The minimum Gasteiger partial charge on any atom is -0.464 e. The van der Waals surface area contributed by atoms with Gasteiger partial charge in [0.15, 0.2) is 0 Å². The number of carbonyl (C=O) groups is 2. The summed E-state index contributed by atoms with van der Waals surface area (Å²) in [6, 6.07) is 6.48. The highest BCUT2D eigenvalue weighted by Crippen LogP contribution is 2.13. The van der Waals surface area contributed by atoms with Gasteiger partial charge >= 0.3 is 5.97 Å². The maximum Gasteiger partial charge on any atom is 0.328 e. The predicted molar refractivity (Wildman–Crippen MR) is 114 cm³/mol. The monoisotopic (exact) mass is 439 g/mol. The lowest BCUT2D eigenvalue weighted by atomic mass is 10.0. The molecule has 0 aliphatic carbocycles. The fourth-order valence-corrected chi connectivity index (χ4v) is 3.25. The zero-order valence-corrected chi connectivity index (χ0v) is 18.5. The van der Waals surface area contributed by atoms with E-state index in [0.717, 1.165) is 17.3 Å². The topological polar surface area (TPSA) is 55.4 Å². The number of amides is 1. The average molecular weight is 440 g/mol. The first-order valence-corrected chi connectivity index (χ1v) is 11.0. The summed E-state index contributed by atoms with van der Waals surface area (Å²) in [6.45, 7) is 6.45. The minimum absolute atomic E-state index is 0.0350. The van der Waals surface area contributed by atoms with Crippen LogP contribution in [0.4, 0.5) is 0 Å². The lowest BCUT2D eigenvalue weighted by Crippen LogP contribution is -2.45. The third-order valence-electron chi connectivity index (χ3n) is 4.54. The van der Waals surface area contributed by atoms with Crippen LogP contribution in [0.15, 0.2) is 28.7 Å². The molecular weight excluding hydrogens is 406 g/mol. The van der Waals surface area contributed by atoms with Crippen LogP contribution < -0.4 is 5.32 Å². The van der Waals surface area contributed by atoms with E-state index in [1.54, 1.807) is 18.2 Å². The van der Waals surface area contributed by atoms with Crippen molar-refractivity contribution in [3.63, 3.8) is 0 Å². The molecular formula is C22H34BrNO3. The third-order valence-corrected chi connectivity index (χ3v) is 5.03. The summed E-state index contributed by atoms with van der Waals surface area (Å²) in [4.78, 5) is 24.8. The summed E-state index contributed by atoms with van der Waals surface area (Å²) < 4.78 is 6.24. The fraction of sp³-hybridized carbons (Fsp3) is 0.636. The second kappa shape index (κ2) is 13.8. The Kier molecular flexibility index (Phi) is 12.1. The number of hydrogen-bond donors (Lipinski definition) is 1. The number of esters is 1. The fourth-order valence-electron chi connectivity index (χ4n) is 2.85. The largest absolute Gasteiger partial charge is 0.464 e. The van der Waals surface area contributed by atoms with Crippen LogP contribution in [0.2, 0.25) is 0 Å². The predicted octanol–water partition coefficient (Wildman–Crippen LogP) is 5.89. The molecule has 0 spiro atoms. The van der Waals surface area contributed by atoms with Crippen LogP contribution in [0.1, 0.15) is 82.5 Å². The normalized spacial score (nSPS) is 12.0. The van der Waals surface area contributed by atoms with Crippen LogP contribution >= 0.6 is 15.9 Å². The third kappa shape index (κ3) is 9.94. The van der Waals surface area contributed by atoms with Gasteiger partial charge < -0.3 is 10.1 Å². The molecule has 0 aromatic heterocycles. The first-order chi connectivity index (χ1) is 13.0. The smallest absolute Gasteiger partial charge is 0.328 e. The summed E-state index contributed by atoms with van der Waals surface area (Å²) in [5, 5.41) is 2.81. The van der Waals surface area contributed by atoms with Crippen molar-refractivity contribution in [3.8, 4) is 0 Å². The highest BCUT2D eigenvalue weighted by atomic mass is 79.9. The molecule has 1 aromatic carbocycles. The summed E-state index contributed by atoms with van der Waals surface area (Å²) in [5.41, 5.74) is 0.519. The van der Waals surface area contributed by atoms with E-state index in [4.69, 9.17) is 4.74 Å². The molecule has 1 N–H and O–H groups in total. The lowest BCUT2D eigenvalue weighted by molar-refractivity contribution is -0.147. The van der Waals surface area contributed by atoms with Crippen molar-refractivity contribution >= 4 is 27.8 Å². The van der Waals surface area contributed by atoms with Gasteiger partial charge in [-0.2, -0.15) is 0 Å². The Morgan fingerprint density at radius 3 is 2.26 bits per heavy atom. The molecule has 0 fully saturated rings. The molecule has 1 aromatic rings. The molecule has 0 saturated heterocycles. The van der Waals surface area contributed by atoms with E-state index in [9.17, 15) is 9.59 Å². The van der Waals surface area contributed by atoms with Gasteiger partial charge in [0.2, 0.25) is 0 Å². The SMILES string of the molecule is CCCCCCCCCCOC(=O)C(NC(=O)c1cccc(Br)c1)C(C)C. The molecule has 4 nitrogen and oxygen atoms in total. The maximum absolute atomic E-state index is 12.4. The molecule has 0 radical (unpaired) electrons. The minimum atomic E-state index is -0.634. The second-order valence-corrected chi connectivity index (χ2v) is 8.26. The van der Waals surface area contributed by atoms with E-state index in [1.807, 2.05) is 19.9 Å². The number of unbranched alkanes of at least 4 members (excludes halogenated alkanes) is 7. The summed E-state index contributed by atoms with van der Waals surface area (Å²) >= 11 is 3.36. The number of hydrogen-bond acceptors (Lipinski definition) is 3. The number of carbonyl (C=O) groups excluding carboxylic acids is 2. The molecule has 0 heterocycles. The Bertz CT molecular complexity index is 574. The molecule has 0 aliphatic rings. The van der Waals surface area contributed by atoms with E-state index in [1.165, 1.54) is 38.5 Å². The number of halogens is 1. The highest BCUT2D eigenvalue weighted by Gasteiger charge is 2.26. The molecule has 1 rings (SSSR count). The Morgan fingerprint density at radius 2 is 1.67 bits per heavy atom. The Balaban J connectivity index is 2.33. The molecule has 0 bridgehead atoms. The van der Waals surface area contributed by atoms with Gasteiger partial charge in [0.1, 0.15) is 6.04 Å². The van der Waals surface area contributed by atoms with Crippen LogP contribution in [0.5, 0.6) is 0 Å². The summed E-state index contributed by atoms with van der Waals surface area (Å²) in [7, 11) is 0. The molecule has 1 atom stereocenters. The van der Waals surface area contributed by atoms with Crippen molar-refractivity contribution in [3.05, 3.63) is 34.3 Å². The number of nitrogens with one attached hydrogen (secondary N) is 1. The molecule has 0 aliphatic heterocycles. The van der Waals surface area contributed by atoms with Crippen molar-refractivity contribution < 1.29 is 14.3 Å². The zero-order valence-electron chi connectivity index (χ0n) is 16.9. The van der Waals surface area contributed by atoms with Crippen molar-refractivity contribution in [2.75, 3.05) is 6.61 Å². The Hall–Kier alpha value is -1.36. The van der Waals surface area contributed by atoms with Crippen molar-refractivity contribution in [1.29, 1.82) is 0 Å². The van der Waals surface area contributed by atoms with Crippen LogP contribution in [-0.2, 0) is 9.53 Å². The van der Waals surface area contributed by atoms with Gasteiger partial charge in [-0.15, -0.1) is 0 Å². The first-order valence-electron chi connectivity index (χ1n) is 10.2. The van der Waals surface area contributed by atoms with Crippen molar-refractivity contribution in [2.24, 2.45) is 5.92 Å². The second-order valence-electron chi connectivity index (χ2n) is 7.35. The van der Waals surface area contributed by atoms with Crippen LogP contribution in [-0.4, -0.2) is 24.5 Å². The summed E-state index contributed by atoms with van der Waals surface area (Å²) in [6.07, 6.45) is 9.61. The van der Waals surface area contributed by atoms with Gasteiger partial charge in [-0.05, 0) is 30.5 Å². The van der Waals surface area contributed by atoms with Crippen molar-refractivity contribution in [1.82, 2.24) is 5.32 Å². The summed E-state index contributed by atoms with van der Waals surface area (Å²) in [5.74, 6) is -0.650. The number of benzene rings is 1. The molecule has 27 heavy (non-hydrogen) atoms. The molecule has 1 unspecified atom stereocenters. The molecule has 5 heteroatoms. The molecule has 152 valence electrons. The van der Waals surface area contributed by atoms with Crippen LogP contribution in [0, 0.1) is 5.92 Å².